The third-order valence-corrected chi connectivity index (χ3v) is 4.89. The number of likely N-dealkylation sites (tertiary alicyclic amines) is 1. The number of hydrogen-bond donors (Lipinski definition) is 0. The summed E-state index contributed by atoms with van der Waals surface area (Å²) in [6, 6.07) is 17.5. The molecule has 146 valence electrons. The second-order valence-corrected chi connectivity index (χ2v) is 6.69. The maximum Gasteiger partial charge on any atom is 0.305 e. The number of ether oxygens (including phenoxy) is 1. The van der Waals surface area contributed by atoms with Gasteiger partial charge in [0.1, 0.15) is 7.11 Å². The fraction of sp³-hybridized carbons (Fsp3) is 0.318. The number of rotatable bonds is 6. The number of amides is 1. The highest BCUT2D eigenvalue weighted by Gasteiger charge is 2.34. The topological polar surface area (TPSA) is 68.2 Å². The first-order valence-electron chi connectivity index (χ1n) is 9.24. The van der Waals surface area contributed by atoms with E-state index in [2.05, 4.69) is 5.16 Å². The molecule has 0 aliphatic carbocycles. The minimum Gasteiger partial charge on any atom is -0.469 e. The van der Waals surface area contributed by atoms with Gasteiger partial charge in [-0.15, -0.1) is 0 Å². The van der Waals surface area contributed by atoms with Crippen LogP contribution in [0.5, 0.6) is 0 Å². The Morgan fingerprint density at radius 3 is 2.36 bits per heavy atom. The summed E-state index contributed by atoms with van der Waals surface area (Å²) in [5.41, 5.74) is 3.57. The van der Waals surface area contributed by atoms with Gasteiger partial charge in [-0.25, -0.2) is 0 Å². The Hall–Kier alpha value is -3.15. The van der Waals surface area contributed by atoms with Gasteiger partial charge < -0.3 is 14.5 Å². The van der Waals surface area contributed by atoms with E-state index in [0.29, 0.717) is 24.9 Å². The molecule has 1 heterocycles. The molecule has 0 spiro atoms. The van der Waals surface area contributed by atoms with Crippen LogP contribution in [0.2, 0.25) is 0 Å². The second-order valence-electron chi connectivity index (χ2n) is 6.69. The number of nitrogens with zero attached hydrogens (tertiary/aromatic N) is 2. The number of methoxy groups -OCH3 is 1. The smallest absolute Gasteiger partial charge is 0.305 e. The van der Waals surface area contributed by atoms with Crippen LogP contribution in [0, 0.1) is 0 Å². The largest absolute Gasteiger partial charge is 0.469 e. The predicted molar refractivity (Wildman–Crippen MR) is 107 cm³/mol. The average molecular weight is 380 g/mol. The monoisotopic (exact) mass is 380 g/mol. The zero-order valence-corrected chi connectivity index (χ0v) is 16.1. The van der Waals surface area contributed by atoms with E-state index in [4.69, 9.17) is 9.57 Å². The summed E-state index contributed by atoms with van der Waals surface area (Å²) in [6.07, 6.45) is 1.39. The number of carbonyl (C=O) groups excluding carboxylic acids is 2. The SMILES string of the molecule is CO/N=C1\C[C@@H](CCC(=O)OC)N(C(=O)c2ccc(-c3ccccc3)cc2)C1. The Balaban J connectivity index is 1.76. The first-order valence-corrected chi connectivity index (χ1v) is 9.24. The lowest BCUT2D eigenvalue weighted by Crippen LogP contribution is -2.36. The van der Waals surface area contributed by atoms with E-state index in [9.17, 15) is 9.59 Å². The van der Waals surface area contributed by atoms with Crippen molar-refractivity contribution in [1.82, 2.24) is 4.90 Å². The summed E-state index contributed by atoms with van der Waals surface area (Å²) in [7, 11) is 2.86. The Bertz CT molecular complexity index is 847. The zero-order chi connectivity index (χ0) is 19.9. The third-order valence-electron chi connectivity index (χ3n) is 4.89. The highest BCUT2D eigenvalue weighted by atomic mass is 16.6. The highest BCUT2D eigenvalue weighted by molar-refractivity contribution is 6.00. The van der Waals surface area contributed by atoms with Crippen LogP contribution in [0.15, 0.2) is 59.8 Å². The lowest BCUT2D eigenvalue weighted by Gasteiger charge is -2.24. The fourth-order valence-corrected chi connectivity index (χ4v) is 3.45. The van der Waals surface area contributed by atoms with E-state index in [-0.39, 0.29) is 24.3 Å². The Kier molecular flexibility index (Phi) is 6.42. The van der Waals surface area contributed by atoms with E-state index in [1.807, 2.05) is 54.6 Å². The van der Waals surface area contributed by atoms with Gasteiger partial charge in [0.15, 0.2) is 0 Å². The van der Waals surface area contributed by atoms with Crippen molar-refractivity contribution in [3.8, 4) is 11.1 Å². The van der Waals surface area contributed by atoms with Crippen LogP contribution >= 0.6 is 0 Å². The van der Waals surface area contributed by atoms with Gasteiger partial charge in [0.05, 0.1) is 19.4 Å². The molecule has 1 aliphatic heterocycles. The number of benzene rings is 2. The molecule has 2 aromatic rings. The van der Waals surface area contributed by atoms with E-state index in [0.717, 1.165) is 16.8 Å². The maximum atomic E-state index is 13.1. The van der Waals surface area contributed by atoms with Crippen LogP contribution in [0.1, 0.15) is 29.6 Å². The van der Waals surface area contributed by atoms with Gasteiger partial charge in [-0.1, -0.05) is 47.6 Å². The van der Waals surface area contributed by atoms with Crippen LogP contribution in [0.4, 0.5) is 0 Å². The molecule has 1 atom stereocenters. The minimum atomic E-state index is -0.281. The van der Waals surface area contributed by atoms with Gasteiger partial charge in [0.2, 0.25) is 0 Å². The molecule has 3 rings (SSSR count). The summed E-state index contributed by atoms with van der Waals surface area (Å²) >= 11 is 0. The van der Waals surface area contributed by atoms with Gasteiger partial charge in [0.25, 0.3) is 5.91 Å². The van der Waals surface area contributed by atoms with Crippen LogP contribution in [0.3, 0.4) is 0 Å². The normalized spacial score (nSPS) is 17.6. The van der Waals surface area contributed by atoms with Crippen LogP contribution in [-0.2, 0) is 14.4 Å². The molecule has 1 saturated heterocycles. The maximum absolute atomic E-state index is 13.1. The van der Waals surface area contributed by atoms with Gasteiger partial charge in [-0.2, -0.15) is 0 Å². The van der Waals surface area contributed by atoms with Gasteiger partial charge in [-0.3, -0.25) is 9.59 Å². The fourth-order valence-electron chi connectivity index (χ4n) is 3.45. The Morgan fingerprint density at radius 2 is 1.71 bits per heavy atom. The quantitative estimate of drug-likeness (QED) is 0.568. The van der Waals surface area contributed by atoms with Crippen molar-refractivity contribution in [2.75, 3.05) is 20.8 Å². The van der Waals surface area contributed by atoms with Crippen molar-refractivity contribution in [2.24, 2.45) is 5.16 Å². The van der Waals surface area contributed by atoms with Crippen molar-refractivity contribution < 1.29 is 19.2 Å². The highest BCUT2D eigenvalue weighted by Crippen LogP contribution is 2.25. The number of hydrogen-bond acceptors (Lipinski definition) is 5. The third kappa shape index (κ3) is 4.57. The lowest BCUT2D eigenvalue weighted by molar-refractivity contribution is -0.140. The molecule has 0 saturated carbocycles. The molecule has 1 amide bonds. The molecule has 28 heavy (non-hydrogen) atoms. The molecule has 0 N–H and O–H groups in total. The van der Waals surface area contributed by atoms with E-state index < -0.39 is 0 Å². The number of oxime groups is 1. The minimum absolute atomic E-state index is 0.0734. The van der Waals surface area contributed by atoms with Crippen molar-refractivity contribution in [3.05, 3.63) is 60.2 Å². The first kappa shape index (κ1) is 19.6. The Morgan fingerprint density at radius 1 is 1.04 bits per heavy atom. The molecular formula is C22H24N2O4. The average Bonchev–Trinajstić information content (AvgIpc) is 3.15. The van der Waals surface area contributed by atoms with E-state index in [1.165, 1.54) is 14.2 Å². The molecule has 2 aromatic carbocycles. The van der Waals surface area contributed by atoms with Gasteiger partial charge in [0, 0.05) is 24.4 Å². The second kappa shape index (κ2) is 9.17. The molecule has 0 aromatic heterocycles. The lowest BCUT2D eigenvalue weighted by atomic mass is 10.0. The molecule has 1 aliphatic rings. The van der Waals surface area contributed by atoms with Crippen molar-refractivity contribution >= 4 is 17.6 Å². The predicted octanol–water partition coefficient (Wildman–Crippen LogP) is 3.52. The van der Waals surface area contributed by atoms with Crippen molar-refractivity contribution in [3.63, 3.8) is 0 Å². The molecule has 0 radical (unpaired) electrons. The molecule has 6 nitrogen and oxygen atoms in total. The van der Waals surface area contributed by atoms with Gasteiger partial charge in [-0.05, 0) is 29.7 Å². The standard InChI is InChI=1S/C22H24N2O4/c1-27-21(25)13-12-20-14-19(23-28-2)15-24(20)22(26)18-10-8-17(9-11-18)16-6-4-3-5-7-16/h3-11,20H,12-15H2,1-2H3/b23-19+/t20-/m1/s1. The molecule has 1 fully saturated rings. The summed E-state index contributed by atoms with van der Waals surface area (Å²) in [4.78, 5) is 31.2. The number of carbonyl (C=O) groups is 2. The zero-order valence-electron chi connectivity index (χ0n) is 16.1. The van der Waals surface area contributed by atoms with Crippen molar-refractivity contribution in [1.29, 1.82) is 0 Å². The Labute approximate surface area is 164 Å². The molecule has 0 bridgehead atoms. The van der Waals surface area contributed by atoms with Crippen LogP contribution in [0.25, 0.3) is 11.1 Å². The molecule has 6 heteroatoms. The molecular weight excluding hydrogens is 356 g/mol. The summed E-state index contributed by atoms with van der Waals surface area (Å²) in [6.45, 7) is 0.402. The van der Waals surface area contributed by atoms with E-state index >= 15 is 0 Å². The van der Waals surface area contributed by atoms with Crippen LogP contribution < -0.4 is 0 Å². The summed E-state index contributed by atoms with van der Waals surface area (Å²) < 4.78 is 4.72. The summed E-state index contributed by atoms with van der Waals surface area (Å²) in [5, 5.41) is 4.01. The van der Waals surface area contributed by atoms with Crippen molar-refractivity contribution in [2.45, 2.75) is 25.3 Å². The van der Waals surface area contributed by atoms with E-state index in [1.54, 1.807) is 4.90 Å². The number of esters is 1. The molecule has 0 unspecified atom stereocenters. The first-order chi connectivity index (χ1) is 13.6. The van der Waals surface area contributed by atoms with Gasteiger partial charge >= 0.3 is 5.97 Å². The van der Waals surface area contributed by atoms with Crippen LogP contribution in [-0.4, -0.2) is 49.3 Å². The summed E-state index contributed by atoms with van der Waals surface area (Å²) in [5.74, 6) is -0.354.